The Bertz CT molecular complexity index is 1190. The van der Waals surface area contributed by atoms with Crippen LogP contribution in [0.3, 0.4) is 0 Å². The van der Waals surface area contributed by atoms with Gasteiger partial charge >= 0.3 is 5.97 Å². The molecule has 11 nitrogen and oxygen atoms in total. The topological polar surface area (TPSA) is 140 Å². The maximum absolute atomic E-state index is 13.1. The number of hydrogen-bond acceptors (Lipinski definition) is 8. The number of esters is 1. The van der Waals surface area contributed by atoms with Crippen molar-refractivity contribution in [2.45, 2.75) is 30.6 Å². The lowest BCUT2D eigenvalue weighted by molar-refractivity contribution is -0.125. The molecule has 0 saturated carbocycles. The van der Waals surface area contributed by atoms with Crippen molar-refractivity contribution in [2.75, 3.05) is 33.9 Å². The molecule has 3 rings (SSSR count). The fourth-order valence-corrected chi connectivity index (χ4v) is 5.17. The number of methoxy groups -OCH3 is 2. The monoisotopic (exact) mass is 519 g/mol. The van der Waals surface area contributed by atoms with Gasteiger partial charge in [-0.25, -0.2) is 13.2 Å². The number of benzene rings is 2. The van der Waals surface area contributed by atoms with E-state index in [1.807, 2.05) is 0 Å². The predicted octanol–water partition coefficient (Wildman–Crippen LogP) is 1.89. The van der Waals surface area contributed by atoms with Gasteiger partial charge in [-0.2, -0.15) is 4.31 Å². The first-order chi connectivity index (χ1) is 17.3. The highest BCUT2D eigenvalue weighted by Crippen LogP contribution is 2.26. The fraction of sp³-hybridized carbons (Fsp3) is 0.375. The zero-order chi connectivity index (χ0) is 26.1. The fourth-order valence-electron chi connectivity index (χ4n) is 3.62. The molecule has 0 aliphatic carbocycles. The Hall–Kier alpha value is -3.64. The highest BCUT2D eigenvalue weighted by atomic mass is 32.2. The summed E-state index contributed by atoms with van der Waals surface area (Å²) in [5.41, 5.74) is 4.50. The molecule has 1 saturated heterocycles. The van der Waals surface area contributed by atoms with E-state index in [1.165, 1.54) is 48.9 Å². The molecular formula is C24H29N3O8S. The normalized spacial score (nSPS) is 14.3. The van der Waals surface area contributed by atoms with Gasteiger partial charge in [-0.05, 0) is 55.3 Å². The molecular weight excluding hydrogens is 490 g/mol. The number of nitrogens with zero attached hydrogens (tertiary/aromatic N) is 1. The quantitative estimate of drug-likeness (QED) is 0.398. The van der Waals surface area contributed by atoms with Crippen LogP contribution >= 0.6 is 0 Å². The van der Waals surface area contributed by atoms with Gasteiger partial charge in [0.05, 0.1) is 19.1 Å². The Labute approximate surface area is 209 Å². The maximum Gasteiger partial charge on any atom is 0.342 e. The largest absolute Gasteiger partial charge is 0.497 e. The van der Waals surface area contributed by atoms with Crippen molar-refractivity contribution >= 4 is 27.8 Å². The summed E-state index contributed by atoms with van der Waals surface area (Å²) in [5.74, 6) is -1.65. The standard InChI is InChI=1S/C24H29N3O8S/c1-33-18-9-7-17(8-10-18)23(29)26-25-22(28)16-35-24(30)20-15-19(11-12-21(20)34-2)36(31,32)27-13-5-3-4-6-14-27/h7-12,15H,3-6,13-14,16H2,1-2H3,(H,25,28)(H,26,29). The number of rotatable bonds is 8. The summed E-state index contributed by atoms with van der Waals surface area (Å²) in [6.07, 6.45) is 3.48. The predicted molar refractivity (Wildman–Crippen MR) is 129 cm³/mol. The maximum atomic E-state index is 13.1. The first-order valence-electron chi connectivity index (χ1n) is 11.3. The number of hydrogen-bond donors (Lipinski definition) is 2. The van der Waals surface area contributed by atoms with Gasteiger partial charge in [0.1, 0.15) is 17.1 Å². The average molecular weight is 520 g/mol. The summed E-state index contributed by atoms with van der Waals surface area (Å²) < 4.78 is 42.8. The van der Waals surface area contributed by atoms with Crippen LogP contribution in [0.5, 0.6) is 11.5 Å². The number of ether oxygens (including phenoxy) is 3. The van der Waals surface area contributed by atoms with Gasteiger partial charge in [0.2, 0.25) is 10.0 Å². The van der Waals surface area contributed by atoms with E-state index < -0.39 is 34.4 Å². The van der Waals surface area contributed by atoms with Crippen molar-refractivity contribution in [1.29, 1.82) is 0 Å². The molecule has 2 aromatic rings. The molecule has 0 radical (unpaired) electrons. The Kier molecular flexibility index (Phi) is 9.25. The average Bonchev–Trinajstić information content (AvgIpc) is 3.20. The van der Waals surface area contributed by atoms with Crippen LogP contribution in [0.15, 0.2) is 47.4 Å². The van der Waals surface area contributed by atoms with Crippen LogP contribution in [0, 0.1) is 0 Å². The van der Waals surface area contributed by atoms with E-state index in [9.17, 15) is 22.8 Å². The van der Waals surface area contributed by atoms with E-state index in [2.05, 4.69) is 10.9 Å². The van der Waals surface area contributed by atoms with Gasteiger partial charge in [-0.3, -0.25) is 20.4 Å². The molecule has 0 unspecified atom stereocenters. The van der Waals surface area contributed by atoms with Gasteiger partial charge in [-0.1, -0.05) is 12.8 Å². The summed E-state index contributed by atoms with van der Waals surface area (Å²) in [6.45, 7) is 0.112. The molecule has 1 heterocycles. The second kappa shape index (κ2) is 12.4. The van der Waals surface area contributed by atoms with Crippen LogP contribution in [0.25, 0.3) is 0 Å². The lowest BCUT2D eigenvalue weighted by atomic mass is 10.2. The number of amides is 2. The minimum Gasteiger partial charge on any atom is -0.497 e. The Morgan fingerprint density at radius 2 is 1.56 bits per heavy atom. The van der Waals surface area contributed by atoms with Gasteiger partial charge in [0, 0.05) is 18.7 Å². The summed E-state index contributed by atoms with van der Waals surface area (Å²) in [4.78, 5) is 36.8. The number of carbonyl (C=O) groups excluding carboxylic acids is 3. The SMILES string of the molecule is COc1ccc(C(=O)NNC(=O)COC(=O)c2cc(S(=O)(=O)N3CCCCCC3)ccc2OC)cc1. The summed E-state index contributed by atoms with van der Waals surface area (Å²) in [5, 5.41) is 0. The number of carbonyl (C=O) groups is 3. The molecule has 0 bridgehead atoms. The van der Waals surface area contributed by atoms with E-state index in [-0.39, 0.29) is 21.8 Å². The van der Waals surface area contributed by atoms with Crippen LogP contribution in [-0.2, 0) is 19.6 Å². The zero-order valence-electron chi connectivity index (χ0n) is 20.1. The van der Waals surface area contributed by atoms with E-state index >= 15 is 0 Å². The van der Waals surface area contributed by atoms with E-state index in [4.69, 9.17) is 14.2 Å². The second-order valence-corrected chi connectivity index (χ2v) is 9.93. The van der Waals surface area contributed by atoms with Gasteiger partial charge in [0.15, 0.2) is 6.61 Å². The smallest absolute Gasteiger partial charge is 0.342 e. The van der Waals surface area contributed by atoms with Gasteiger partial charge in [-0.15, -0.1) is 0 Å². The third-order valence-electron chi connectivity index (χ3n) is 5.60. The second-order valence-electron chi connectivity index (χ2n) is 7.99. The molecule has 2 aromatic carbocycles. The van der Waals surface area contributed by atoms with Gasteiger partial charge in [0.25, 0.3) is 11.8 Å². The van der Waals surface area contributed by atoms with Crippen molar-refractivity contribution in [3.8, 4) is 11.5 Å². The van der Waals surface area contributed by atoms with Crippen LogP contribution < -0.4 is 20.3 Å². The first kappa shape index (κ1) is 27.0. The van der Waals surface area contributed by atoms with Crippen molar-refractivity contribution in [1.82, 2.24) is 15.2 Å². The zero-order valence-corrected chi connectivity index (χ0v) is 20.9. The number of hydrazine groups is 1. The lowest BCUT2D eigenvalue weighted by Gasteiger charge is -2.20. The molecule has 12 heteroatoms. The molecule has 1 aliphatic rings. The highest BCUT2D eigenvalue weighted by Gasteiger charge is 2.27. The van der Waals surface area contributed by atoms with Crippen molar-refractivity contribution < 1.29 is 37.0 Å². The Balaban J connectivity index is 1.61. The number of sulfonamides is 1. The third kappa shape index (κ3) is 6.73. The van der Waals surface area contributed by atoms with Crippen LogP contribution in [0.2, 0.25) is 0 Å². The summed E-state index contributed by atoms with van der Waals surface area (Å²) in [6, 6.07) is 10.1. The summed E-state index contributed by atoms with van der Waals surface area (Å²) in [7, 11) is -0.984. The summed E-state index contributed by atoms with van der Waals surface area (Å²) >= 11 is 0. The van der Waals surface area contributed by atoms with E-state index in [0.717, 1.165) is 25.7 Å². The molecule has 1 fully saturated rings. The van der Waals surface area contributed by atoms with Crippen molar-refractivity contribution in [3.05, 3.63) is 53.6 Å². The minimum absolute atomic E-state index is 0.0617. The van der Waals surface area contributed by atoms with Crippen molar-refractivity contribution in [2.24, 2.45) is 0 Å². The van der Waals surface area contributed by atoms with E-state index in [1.54, 1.807) is 12.1 Å². The molecule has 0 spiro atoms. The minimum atomic E-state index is -3.81. The van der Waals surface area contributed by atoms with E-state index in [0.29, 0.717) is 18.8 Å². The number of nitrogens with one attached hydrogen (secondary N) is 2. The molecule has 0 aromatic heterocycles. The van der Waals surface area contributed by atoms with Gasteiger partial charge < -0.3 is 14.2 Å². The van der Waals surface area contributed by atoms with Crippen molar-refractivity contribution in [3.63, 3.8) is 0 Å². The van der Waals surface area contributed by atoms with Crippen LogP contribution in [0.4, 0.5) is 0 Å². The molecule has 2 amide bonds. The molecule has 2 N–H and O–H groups in total. The molecule has 0 atom stereocenters. The lowest BCUT2D eigenvalue weighted by Crippen LogP contribution is -2.43. The van der Waals surface area contributed by atoms with Crippen LogP contribution in [0.1, 0.15) is 46.4 Å². The molecule has 1 aliphatic heterocycles. The van der Waals surface area contributed by atoms with Crippen LogP contribution in [-0.4, -0.2) is 64.4 Å². The third-order valence-corrected chi connectivity index (χ3v) is 7.49. The Morgan fingerprint density at radius 3 is 2.17 bits per heavy atom. The molecule has 194 valence electrons. The Morgan fingerprint density at radius 1 is 0.889 bits per heavy atom. The highest BCUT2D eigenvalue weighted by molar-refractivity contribution is 7.89. The first-order valence-corrected chi connectivity index (χ1v) is 12.8. The molecule has 36 heavy (non-hydrogen) atoms.